The van der Waals surface area contributed by atoms with E-state index >= 15 is 0 Å². The number of aromatic carboxylic acids is 1. The molecule has 0 unspecified atom stereocenters. The number of carboxylic acid groups (broad SMARTS) is 1. The number of carboxylic acids is 1. The normalized spacial score (nSPS) is 14.6. The Hall–Kier alpha value is -4.63. The van der Waals surface area contributed by atoms with Crippen molar-refractivity contribution in [1.29, 1.82) is 0 Å². The summed E-state index contributed by atoms with van der Waals surface area (Å²) in [5.41, 5.74) is 3.82. The number of H-pyrrole nitrogens is 1. The minimum absolute atomic E-state index is 0.0382. The first-order valence-corrected chi connectivity index (χ1v) is 12.4. The van der Waals surface area contributed by atoms with Crippen LogP contribution >= 0.6 is 0 Å². The van der Waals surface area contributed by atoms with Crippen LogP contribution in [0.1, 0.15) is 21.5 Å². The number of urea groups is 1. The Kier molecular flexibility index (Phi) is 6.85. The van der Waals surface area contributed by atoms with E-state index in [0.29, 0.717) is 41.0 Å². The first-order valence-electron chi connectivity index (χ1n) is 12.4. The average molecular weight is 512 g/mol. The van der Waals surface area contributed by atoms with Gasteiger partial charge in [-0.1, -0.05) is 36.4 Å². The first-order chi connectivity index (χ1) is 18.3. The number of aromatic amines is 1. The zero-order valence-corrected chi connectivity index (χ0v) is 21.3. The molecule has 1 saturated heterocycles. The summed E-state index contributed by atoms with van der Waals surface area (Å²) >= 11 is 0. The molecule has 1 aliphatic heterocycles. The number of aliphatic imine (C=N–C) groups is 1. The molecule has 4 aromatic rings. The molecule has 5 rings (SSSR count). The third kappa shape index (κ3) is 4.96. The van der Waals surface area contributed by atoms with Gasteiger partial charge in [-0.15, -0.1) is 0 Å². The SMILES string of the molecule is CN1CCN(C(=O)N(C)c2ccc(N=C(c3ccccc3)c3c(O)[nH]c4cc(C(=O)O)ccc34)cc2)CC1. The lowest BCUT2D eigenvalue weighted by Crippen LogP contribution is -2.51. The third-order valence-electron chi connectivity index (χ3n) is 6.85. The summed E-state index contributed by atoms with van der Waals surface area (Å²) in [4.78, 5) is 37.9. The van der Waals surface area contributed by atoms with E-state index in [0.717, 1.165) is 24.3 Å². The van der Waals surface area contributed by atoms with Gasteiger partial charge in [-0.3, -0.25) is 4.90 Å². The summed E-state index contributed by atoms with van der Waals surface area (Å²) in [5, 5.41) is 20.9. The Balaban J connectivity index is 1.49. The molecule has 0 aliphatic carbocycles. The van der Waals surface area contributed by atoms with Gasteiger partial charge < -0.3 is 25.0 Å². The molecule has 3 aromatic carbocycles. The van der Waals surface area contributed by atoms with Gasteiger partial charge in [0.05, 0.1) is 22.5 Å². The van der Waals surface area contributed by atoms with E-state index in [1.165, 1.54) is 12.1 Å². The molecule has 194 valence electrons. The number of piperazine rings is 1. The molecule has 9 heteroatoms. The molecule has 0 atom stereocenters. The number of likely N-dealkylation sites (N-methyl/N-ethyl adjacent to an activating group) is 1. The molecule has 1 aromatic heterocycles. The van der Waals surface area contributed by atoms with Gasteiger partial charge in [0.2, 0.25) is 0 Å². The highest BCUT2D eigenvalue weighted by Gasteiger charge is 2.23. The smallest absolute Gasteiger partial charge is 0.335 e. The van der Waals surface area contributed by atoms with Crippen LogP contribution in [0.4, 0.5) is 16.2 Å². The lowest BCUT2D eigenvalue weighted by molar-refractivity contribution is 0.0697. The monoisotopic (exact) mass is 511 g/mol. The van der Waals surface area contributed by atoms with Crippen LogP contribution in [0.5, 0.6) is 5.88 Å². The highest BCUT2D eigenvalue weighted by atomic mass is 16.4. The fourth-order valence-corrected chi connectivity index (χ4v) is 4.62. The van der Waals surface area contributed by atoms with Crippen LogP contribution in [0.15, 0.2) is 77.8 Å². The van der Waals surface area contributed by atoms with Crippen molar-refractivity contribution in [3.05, 3.63) is 89.5 Å². The van der Waals surface area contributed by atoms with E-state index in [9.17, 15) is 19.8 Å². The van der Waals surface area contributed by atoms with E-state index in [2.05, 4.69) is 16.9 Å². The van der Waals surface area contributed by atoms with Crippen molar-refractivity contribution in [3.8, 4) is 5.88 Å². The van der Waals surface area contributed by atoms with E-state index in [4.69, 9.17) is 4.99 Å². The molecule has 0 radical (unpaired) electrons. The molecule has 3 N–H and O–H groups in total. The molecule has 2 amide bonds. The van der Waals surface area contributed by atoms with Crippen LogP contribution in [0, 0.1) is 0 Å². The van der Waals surface area contributed by atoms with Crippen molar-refractivity contribution in [1.82, 2.24) is 14.8 Å². The van der Waals surface area contributed by atoms with Crippen molar-refractivity contribution < 1.29 is 19.8 Å². The fourth-order valence-electron chi connectivity index (χ4n) is 4.62. The van der Waals surface area contributed by atoms with Gasteiger partial charge in [0.1, 0.15) is 0 Å². The van der Waals surface area contributed by atoms with E-state index in [1.807, 2.05) is 59.5 Å². The molecule has 0 spiro atoms. The minimum Gasteiger partial charge on any atom is -0.494 e. The summed E-state index contributed by atoms with van der Waals surface area (Å²) in [6, 6.07) is 21.5. The van der Waals surface area contributed by atoms with Gasteiger partial charge in [0.15, 0.2) is 5.88 Å². The molecular formula is C29H29N5O4. The number of rotatable bonds is 5. The second-order valence-corrected chi connectivity index (χ2v) is 9.39. The Bertz CT molecular complexity index is 1500. The zero-order chi connectivity index (χ0) is 26.8. The summed E-state index contributed by atoms with van der Waals surface area (Å²) < 4.78 is 0. The molecule has 2 heterocycles. The first kappa shape index (κ1) is 25.0. The number of amides is 2. The third-order valence-corrected chi connectivity index (χ3v) is 6.85. The molecule has 0 bridgehead atoms. The van der Waals surface area contributed by atoms with E-state index in [1.54, 1.807) is 18.0 Å². The fraction of sp³-hybridized carbons (Fsp3) is 0.207. The number of hydrogen-bond acceptors (Lipinski definition) is 5. The second-order valence-electron chi connectivity index (χ2n) is 9.39. The van der Waals surface area contributed by atoms with Gasteiger partial charge in [-0.25, -0.2) is 14.6 Å². The molecule has 38 heavy (non-hydrogen) atoms. The maximum Gasteiger partial charge on any atom is 0.335 e. The highest BCUT2D eigenvalue weighted by molar-refractivity contribution is 6.22. The number of anilines is 1. The van der Waals surface area contributed by atoms with Crippen LogP contribution in [-0.4, -0.2) is 83.0 Å². The number of carbonyl (C=O) groups is 2. The molecule has 0 saturated carbocycles. The molecule has 1 fully saturated rings. The maximum absolute atomic E-state index is 13.0. The Morgan fingerprint density at radius 2 is 1.61 bits per heavy atom. The summed E-state index contributed by atoms with van der Waals surface area (Å²) in [6.45, 7) is 3.11. The number of nitrogens with one attached hydrogen (secondary N) is 1. The van der Waals surface area contributed by atoms with Gasteiger partial charge >= 0.3 is 12.0 Å². The summed E-state index contributed by atoms with van der Waals surface area (Å²) in [5.74, 6) is -1.14. The number of benzene rings is 3. The topological polar surface area (TPSA) is 112 Å². The molecular weight excluding hydrogens is 482 g/mol. The minimum atomic E-state index is -1.05. The van der Waals surface area contributed by atoms with E-state index in [-0.39, 0.29) is 17.5 Å². The summed E-state index contributed by atoms with van der Waals surface area (Å²) in [7, 11) is 3.82. The van der Waals surface area contributed by atoms with Crippen molar-refractivity contribution in [2.45, 2.75) is 0 Å². The van der Waals surface area contributed by atoms with Gasteiger partial charge in [-0.05, 0) is 43.4 Å². The molecule has 1 aliphatic rings. The summed E-state index contributed by atoms with van der Waals surface area (Å²) in [6.07, 6.45) is 0. The number of hydrogen-bond donors (Lipinski definition) is 3. The Morgan fingerprint density at radius 1 is 0.921 bits per heavy atom. The predicted molar refractivity (Wildman–Crippen MR) is 148 cm³/mol. The number of fused-ring (bicyclic) bond motifs is 1. The number of carbonyl (C=O) groups excluding carboxylic acids is 1. The number of aromatic hydroxyl groups is 1. The van der Waals surface area contributed by atoms with Crippen LogP contribution < -0.4 is 4.90 Å². The lowest BCUT2D eigenvalue weighted by Gasteiger charge is -2.35. The van der Waals surface area contributed by atoms with Crippen molar-refractivity contribution in [2.75, 3.05) is 45.2 Å². The van der Waals surface area contributed by atoms with Crippen LogP contribution in [0.25, 0.3) is 10.9 Å². The quantitative estimate of drug-likeness (QED) is 0.341. The van der Waals surface area contributed by atoms with Crippen LogP contribution in [0.2, 0.25) is 0 Å². The van der Waals surface area contributed by atoms with Gasteiger partial charge in [-0.2, -0.15) is 0 Å². The van der Waals surface area contributed by atoms with Crippen molar-refractivity contribution in [2.24, 2.45) is 4.99 Å². The Labute approximate surface area is 220 Å². The standard InChI is InChI=1S/C29H29N5O4/c1-32-14-16-34(17-15-32)29(38)33(2)22-11-9-21(10-12-22)30-26(19-6-4-3-5-7-19)25-23-13-8-20(28(36)37)18-24(23)31-27(25)35/h3-13,18,31,35H,14-17H2,1-2H3,(H,36,37). The predicted octanol–water partition coefficient (Wildman–Crippen LogP) is 4.54. The van der Waals surface area contributed by atoms with Crippen LogP contribution in [-0.2, 0) is 0 Å². The van der Waals surface area contributed by atoms with Crippen molar-refractivity contribution >= 4 is 40.0 Å². The lowest BCUT2D eigenvalue weighted by atomic mass is 10.00. The molecule has 9 nitrogen and oxygen atoms in total. The maximum atomic E-state index is 13.0. The van der Waals surface area contributed by atoms with E-state index < -0.39 is 5.97 Å². The Morgan fingerprint density at radius 3 is 2.26 bits per heavy atom. The van der Waals surface area contributed by atoms with Gasteiger partial charge in [0.25, 0.3) is 0 Å². The number of nitrogens with zero attached hydrogens (tertiary/aromatic N) is 4. The zero-order valence-electron chi connectivity index (χ0n) is 21.3. The number of aromatic nitrogens is 1. The highest BCUT2D eigenvalue weighted by Crippen LogP contribution is 2.32. The van der Waals surface area contributed by atoms with Crippen molar-refractivity contribution in [3.63, 3.8) is 0 Å². The van der Waals surface area contributed by atoms with Crippen LogP contribution in [0.3, 0.4) is 0 Å². The van der Waals surface area contributed by atoms with Gasteiger partial charge in [0, 0.05) is 55.4 Å². The average Bonchev–Trinajstić information content (AvgIpc) is 3.26. The largest absolute Gasteiger partial charge is 0.494 e. The second kappa shape index (κ2) is 10.4.